The summed E-state index contributed by atoms with van der Waals surface area (Å²) in [5.41, 5.74) is 2.38. The number of nitrogens with zero attached hydrogens (tertiary/aromatic N) is 1. The van der Waals surface area contributed by atoms with Gasteiger partial charge in [0.2, 0.25) is 15.8 Å². The van der Waals surface area contributed by atoms with Crippen LogP contribution in [0.15, 0.2) is 47.4 Å². The molecule has 0 aromatic heterocycles. The molecule has 2 aromatic carbocycles. The van der Waals surface area contributed by atoms with Crippen molar-refractivity contribution in [1.29, 1.82) is 0 Å². The molecule has 0 aliphatic carbocycles. The van der Waals surface area contributed by atoms with E-state index >= 15 is 0 Å². The Morgan fingerprint density at radius 3 is 2.45 bits per heavy atom. The van der Waals surface area contributed by atoms with Crippen molar-refractivity contribution < 1.29 is 22.7 Å². The van der Waals surface area contributed by atoms with E-state index < -0.39 is 22.6 Å². The molecular weight excluding hydrogens is 390 g/mol. The molecule has 0 atom stereocenters. The van der Waals surface area contributed by atoms with Crippen molar-refractivity contribution in [3.63, 3.8) is 0 Å². The van der Waals surface area contributed by atoms with E-state index in [1.165, 1.54) is 28.6 Å². The van der Waals surface area contributed by atoms with Gasteiger partial charge in [-0.1, -0.05) is 30.2 Å². The number of benzene rings is 2. The third-order valence-electron chi connectivity index (χ3n) is 5.05. The molecule has 29 heavy (non-hydrogen) atoms. The van der Waals surface area contributed by atoms with E-state index in [1.807, 2.05) is 26.0 Å². The first kappa shape index (κ1) is 21.2. The summed E-state index contributed by atoms with van der Waals surface area (Å²) in [6, 6.07) is 11.3. The minimum Gasteiger partial charge on any atom is -0.454 e. The van der Waals surface area contributed by atoms with E-state index in [2.05, 4.69) is 0 Å². The number of carbonyl (C=O) groups excluding carboxylic acids is 2. The van der Waals surface area contributed by atoms with Crippen molar-refractivity contribution in [2.45, 2.75) is 38.0 Å². The van der Waals surface area contributed by atoms with Crippen molar-refractivity contribution in [3.05, 3.63) is 64.7 Å². The quantitative estimate of drug-likeness (QED) is 0.533. The molecule has 2 aromatic rings. The maximum Gasteiger partial charge on any atom is 0.338 e. The molecule has 6 nitrogen and oxygen atoms in total. The maximum atomic E-state index is 12.8. The predicted molar refractivity (Wildman–Crippen MR) is 110 cm³/mol. The van der Waals surface area contributed by atoms with Crippen LogP contribution in [-0.4, -0.2) is 44.2 Å². The highest BCUT2D eigenvalue weighted by Gasteiger charge is 2.26. The van der Waals surface area contributed by atoms with Crippen molar-refractivity contribution >= 4 is 21.8 Å². The summed E-state index contributed by atoms with van der Waals surface area (Å²) in [6.45, 7) is 4.29. The minimum atomic E-state index is -3.64. The highest BCUT2D eigenvalue weighted by atomic mass is 32.2. The number of sulfonamides is 1. The number of hydrogen-bond donors (Lipinski definition) is 0. The van der Waals surface area contributed by atoms with E-state index in [1.54, 1.807) is 6.07 Å². The Bertz CT molecular complexity index is 1020. The van der Waals surface area contributed by atoms with Crippen molar-refractivity contribution in [2.24, 2.45) is 0 Å². The molecule has 0 radical (unpaired) electrons. The van der Waals surface area contributed by atoms with Gasteiger partial charge in [0, 0.05) is 18.7 Å². The van der Waals surface area contributed by atoms with Crippen LogP contribution in [0.25, 0.3) is 0 Å². The summed E-state index contributed by atoms with van der Waals surface area (Å²) in [4.78, 5) is 24.9. The van der Waals surface area contributed by atoms with Crippen molar-refractivity contribution in [1.82, 2.24) is 4.31 Å². The van der Waals surface area contributed by atoms with E-state index in [9.17, 15) is 18.0 Å². The SMILES string of the molecule is Cc1ccc(C)c(C(=O)COC(=O)c2cccc(S(=O)(=O)N3CCCCC3)c2)c1. The first-order valence-electron chi connectivity index (χ1n) is 9.67. The first-order chi connectivity index (χ1) is 13.8. The van der Waals surface area contributed by atoms with Gasteiger partial charge < -0.3 is 4.74 Å². The van der Waals surface area contributed by atoms with Gasteiger partial charge in [0.05, 0.1) is 10.5 Å². The van der Waals surface area contributed by atoms with Crippen LogP contribution in [0.3, 0.4) is 0 Å². The molecule has 1 aliphatic rings. The van der Waals surface area contributed by atoms with Crippen LogP contribution in [-0.2, 0) is 14.8 Å². The second kappa shape index (κ2) is 8.88. The van der Waals surface area contributed by atoms with Gasteiger partial charge in [-0.15, -0.1) is 0 Å². The number of ether oxygens (including phenoxy) is 1. The second-order valence-electron chi connectivity index (χ2n) is 7.31. The maximum absolute atomic E-state index is 12.8. The predicted octanol–water partition coefficient (Wildman–Crippen LogP) is 3.52. The van der Waals surface area contributed by atoms with E-state index in [0.29, 0.717) is 18.7 Å². The van der Waals surface area contributed by atoms with Crippen LogP contribution in [0.1, 0.15) is 51.1 Å². The Morgan fingerprint density at radius 1 is 1.00 bits per heavy atom. The van der Waals surface area contributed by atoms with E-state index in [4.69, 9.17) is 4.74 Å². The van der Waals surface area contributed by atoms with Crippen LogP contribution < -0.4 is 0 Å². The van der Waals surface area contributed by atoms with Gasteiger partial charge in [0.25, 0.3) is 0 Å². The monoisotopic (exact) mass is 415 g/mol. The third kappa shape index (κ3) is 4.92. The number of ketones is 1. The normalized spacial score (nSPS) is 15.1. The molecule has 0 unspecified atom stereocenters. The summed E-state index contributed by atoms with van der Waals surface area (Å²) in [6.07, 6.45) is 2.69. The molecule has 1 fully saturated rings. The number of Topliss-reactive ketones (excluding diaryl/α,β-unsaturated/α-hetero) is 1. The highest BCUT2D eigenvalue weighted by Crippen LogP contribution is 2.21. The number of hydrogen-bond acceptors (Lipinski definition) is 5. The Labute approximate surface area is 171 Å². The van der Waals surface area contributed by atoms with Gasteiger partial charge in [-0.3, -0.25) is 4.79 Å². The molecule has 1 heterocycles. The molecule has 0 bridgehead atoms. The standard InChI is InChI=1S/C22H25NO5S/c1-16-9-10-17(2)20(13-16)21(24)15-28-22(25)18-7-6-8-19(14-18)29(26,27)23-11-4-3-5-12-23/h6-10,13-14H,3-5,11-12,15H2,1-2H3. The summed E-state index contributed by atoms with van der Waals surface area (Å²) in [7, 11) is -3.64. The molecule has 7 heteroatoms. The summed E-state index contributed by atoms with van der Waals surface area (Å²) >= 11 is 0. The lowest BCUT2D eigenvalue weighted by molar-refractivity contribution is 0.0474. The zero-order valence-electron chi connectivity index (χ0n) is 16.7. The average molecular weight is 416 g/mol. The van der Waals surface area contributed by atoms with Gasteiger partial charge in [0.1, 0.15) is 0 Å². The molecule has 0 spiro atoms. The minimum absolute atomic E-state index is 0.0645. The van der Waals surface area contributed by atoms with E-state index in [-0.39, 0.29) is 16.2 Å². The molecule has 3 rings (SSSR count). The van der Waals surface area contributed by atoms with Gasteiger partial charge in [-0.2, -0.15) is 4.31 Å². The number of piperidine rings is 1. The Morgan fingerprint density at radius 2 is 1.72 bits per heavy atom. The molecule has 0 amide bonds. The van der Waals surface area contributed by atoms with E-state index in [0.717, 1.165) is 30.4 Å². The smallest absolute Gasteiger partial charge is 0.338 e. The van der Waals surface area contributed by atoms with Crippen LogP contribution in [0.4, 0.5) is 0 Å². The molecular formula is C22H25NO5S. The van der Waals surface area contributed by atoms with Crippen molar-refractivity contribution in [2.75, 3.05) is 19.7 Å². The zero-order valence-corrected chi connectivity index (χ0v) is 17.5. The lowest BCUT2D eigenvalue weighted by atomic mass is 10.0. The Hall–Kier alpha value is -2.51. The van der Waals surface area contributed by atoms with Gasteiger partial charge in [-0.25, -0.2) is 13.2 Å². The largest absolute Gasteiger partial charge is 0.454 e. The fourth-order valence-electron chi connectivity index (χ4n) is 3.37. The van der Waals surface area contributed by atoms with Crippen LogP contribution in [0.5, 0.6) is 0 Å². The van der Waals surface area contributed by atoms with Gasteiger partial charge in [0.15, 0.2) is 6.61 Å². The molecule has 1 aliphatic heterocycles. The fourth-order valence-corrected chi connectivity index (χ4v) is 4.93. The lowest BCUT2D eigenvalue weighted by Gasteiger charge is -2.25. The summed E-state index contributed by atoms with van der Waals surface area (Å²) in [5.74, 6) is -1.02. The average Bonchev–Trinajstić information content (AvgIpc) is 2.74. The molecule has 1 saturated heterocycles. The summed E-state index contributed by atoms with van der Waals surface area (Å²) in [5, 5.41) is 0. The number of esters is 1. The second-order valence-corrected chi connectivity index (χ2v) is 9.25. The molecule has 0 N–H and O–H groups in total. The topological polar surface area (TPSA) is 80.8 Å². The lowest BCUT2D eigenvalue weighted by Crippen LogP contribution is -2.35. The van der Waals surface area contributed by atoms with Crippen LogP contribution >= 0.6 is 0 Å². The number of rotatable bonds is 6. The number of carbonyl (C=O) groups is 2. The van der Waals surface area contributed by atoms with Crippen LogP contribution in [0.2, 0.25) is 0 Å². The highest BCUT2D eigenvalue weighted by molar-refractivity contribution is 7.89. The fraction of sp³-hybridized carbons (Fsp3) is 0.364. The van der Waals surface area contributed by atoms with Gasteiger partial charge in [-0.05, 0) is 56.5 Å². The molecule has 154 valence electrons. The Kier molecular flexibility index (Phi) is 6.49. The Balaban J connectivity index is 1.71. The third-order valence-corrected chi connectivity index (χ3v) is 6.95. The van der Waals surface area contributed by atoms with Gasteiger partial charge >= 0.3 is 5.97 Å². The zero-order chi connectivity index (χ0) is 21.0. The van der Waals surface area contributed by atoms with Crippen molar-refractivity contribution in [3.8, 4) is 0 Å². The van der Waals surface area contributed by atoms with Crippen LogP contribution in [0, 0.1) is 13.8 Å². The summed E-state index contributed by atoms with van der Waals surface area (Å²) < 4.78 is 32.2. The number of aryl methyl sites for hydroxylation is 2. The first-order valence-corrected chi connectivity index (χ1v) is 11.1. The molecule has 0 saturated carbocycles.